The molecule has 2 rings (SSSR count). The van der Waals surface area contributed by atoms with E-state index in [-0.39, 0.29) is 11.8 Å². The van der Waals surface area contributed by atoms with Crippen molar-refractivity contribution in [1.82, 2.24) is 4.90 Å². The standard InChI is InChI=1S/C13H15BrN2O3/c14-10-3-1-2-4-11(10)15-12(17)9-5-7-16(8-6-9)13(18)19/h1-4,9H,5-8H2,(H,15,17)(H,18,19). The van der Waals surface area contributed by atoms with E-state index in [2.05, 4.69) is 21.2 Å². The highest BCUT2D eigenvalue weighted by Crippen LogP contribution is 2.24. The number of benzene rings is 1. The molecule has 0 unspecified atom stereocenters. The van der Waals surface area contributed by atoms with Crippen molar-refractivity contribution in [3.63, 3.8) is 0 Å². The number of carbonyl (C=O) groups excluding carboxylic acids is 1. The number of halogens is 1. The van der Waals surface area contributed by atoms with Crippen LogP contribution in [0.3, 0.4) is 0 Å². The summed E-state index contributed by atoms with van der Waals surface area (Å²) < 4.78 is 0.839. The Hall–Kier alpha value is -1.56. The van der Waals surface area contributed by atoms with Gasteiger partial charge in [-0.25, -0.2) is 4.79 Å². The van der Waals surface area contributed by atoms with Gasteiger partial charge in [0.25, 0.3) is 0 Å². The molecule has 0 aliphatic carbocycles. The molecule has 1 aromatic rings. The van der Waals surface area contributed by atoms with Crippen molar-refractivity contribution in [2.45, 2.75) is 12.8 Å². The van der Waals surface area contributed by atoms with E-state index in [1.165, 1.54) is 4.90 Å². The van der Waals surface area contributed by atoms with Crippen molar-refractivity contribution in [3.8, 4) is 0 Å². The van der Waals surface area contributed by atoms with E-state index in [1.54, 1.807) is 0 Å². The van der Waals surface area contributed by atoms with Gasteiger partial charge in [0.1, 0.15) is 0 Å². The predicted molar refractivity (Wildman–Crippen MR) is 75.1 cm³/mol. The molecule has 102 valence electrons. The first-order valence-corrected chi connectivity index (χ1v) is 6.90. The zero-order valence-corrected chi connectivity index (χ0v) is 11.9. The number of anilines is 1. The Labute approximate surface area is 119 Å². The average molecular weight is 327 g/mol. The summed E-state index contributed by atoms with van der Waals surface area (Å²) in [6.07, 6.45) is 0.232. The molecule has 2 amide bonds. The van der Waals surface area contributed by atoms with Gasteiger partial charge in [-0.2, -0.15) is 0 Å². The number of likely N-dealkylation sites (tertiary alicyclic amines) is 1. The summed E-state index contributed by atoms with van der Waals surface area (Å²) in [5.41, 5.74) is 0.744. The van der Waals surface area contributed by atoms with Gasteiger partial charge in [-0.1, -0.05) is 12.1 Å². The minimum atomic E-state index is -0.912. The molecule has 6 heteroatoms. The zero-order valence-electron chi connectivity index (χ0n) is 10.3. The lowest BCUT2D eigenvalue weighted by Crippen LogP contribution is -2.40. The second kappa shape index (κ2) is 6.06. The third-order valence-corrected chi connectivity index (χ3v) is 3.96. The van der Waals surface area contributed by atoms with E-state index >= 15 is 0 Å². The number of hydrogen-bond donors (Lipinski definition) is 2. The van der Waals surface area contributed by atoms with Crippen LogP contribution in [0.25, 0.3) is 0 Å². The summed E-state index contributed by atoms with van der Waals surface area (Å²) in [4.78, 5) is 24.2. The van der Waals surface area contributed by atoms with Crippen LogP contribution in [0.5, 0.6) is 0 Å². The van der Waals surface area contributed by atoms with Crippen LogP contribution in [0, 0.1) is 5.92 Å². The number of piperidine rings is 1. The maximum absolute atomic E-state index is 12.1. The smallest absolute Gasteiger partial charge is 0.407 e. The highest BCUT2D eigenvalue weighted by molar-refractivity contribution is 9.10. The summed E-state index contributed by atoms with van der Waals surface area (Å²) in [6.45, 7) is 0.840. The molecule has 0 radical (unpaired) electrons. The van der Waals surface area contributed by atoms with Crippen LogP contribution in [0.1, 0.15) is 12.8 Å². The molecule has 0 aromatic heterocycles. The van der Waals surface area contributed by atoms with Crippen molar-refractivity contribution >= 4 is 33.6 Å². The van der Waals surface area contributed by atoms with Gasteiger partial charge in [-0.3, -0.25) is 4.79 Å². The summed E-state index contributed by atoms with van der Waals surface area (Å²) in [5.74, 6) is -0.167. The molecule has 1 heterocycles. The zero-order chi connectivity index (χ0) is 13.8. The molecule has 2 N–H and O–H groups in total. The monoisotopic (exact) mass is 326 g/mol. The third-order valence-electron chi connectivity index (χ3n) is 3.27. The first-order valence-electron chi connectivity index (χ1n) is 6.11. The molecule has 1 saturated heterocycles. The third kappa shape index (κ3) is 3.47. The normalized spacial score (nSPS) is 16.2. The second-order valence-electron chi connectivity index (χ2n) is 4.51. The molecule has 0 bridgehead atoms. The lowest BCUT2D eigenvalue weighted by atomic mass is 9.96. The minimum Gasteiger partial charge on any atom is -0.465 e. The largest absolute Gasteiger partial charge is 0.465 e. The van der Waals surface area contributed by atoms with Crippen LogP contribution >= 0.6 is 15.9 Å². The van der Waals surface area contributed by atoms with Gasteiger partial charge in [-0.05, 0) is 40.9 Å². The minimum absolute atomic E-state index is 0.0445. The number of nitrogens with zero attached hydrogens (tertiary/aromatic N) is 1. The molecule has 0 spiro atoms. The number of carbonyl (C=O) groups is 2. The second-order valence-corrected chi connectivity index (χ2v) is 5.37. The Bertz CT molecular complexity index is 485. The first-order chi connectivity index (χ1) is 9.08. The van der Waals surface area contributed by atoms with E-state index in [4.69, 9.17) is 5.11 Å². The molecule has 1 aliphatic rings. The summed E-state index contributed by atoms with van der Waals surface area (Å²) in [7, 11) is 0. The number of rotatable bonds is 2. The lowest BCUT2D eigenvalue weighted by molar-refractivity contribution is -0.121. The van der Waals surface area contributed by atoms with Crippen LogP contribution in [0.2, 0.25) is 0 Å². The van der Waals surface area contributed by atoms with Gasteiger partial charge in [0.15, 0.2) is 0 Å². The Balaban J connectivity index is 1.92. The fraction of sp³-hybridized carbons (Fsp3) is 0.385. The van der Waals surface area contributed by atoms with E-state index in [9.17, 15) is 9.59 Å². The van der Waals surface area contributed by atoms with Gasteiger partial charge in [0.05, 0.1) is 5.69 Å². The van der Waals surface area contributed by atoms with Crippen molar-refractivity contribution in [2.75, 3.05) is 18.4 Å². The van der Waals surface area contributed by atoms with Gasteiger partial charge >= 0.3 is 6.09 Å². The van der Waals surface area contributed by atoms with Crippen molar-refractivity contribution in [3.05, 3.63) is 28.7 Å². The molecule has 5 nitrogen and oxygen atoms in total. The molecule has 19 heavy (non-hydrogen) atoms. The Morgan fingerprint density at radius 2 is 1.89 bits per heavy atom. The molecule has 1 fully saturated rings. The number of nitrogens with one attached hydrogen (secondary N) is 1. The van der Waals surface area contributed by atoms with E-state index in [0.717, 1.165) is 10.2 Å². The summed E-state index contributed by atoms with van der Waals surface area (Å²) >= 11 is 3.38. The van der Waals surface area contributed by atoms with Gasteiger partial charge in [-0.15, -0.1) is 0 Å². The molecule has 0 saturated carbocycles. The highest BCUT2D eigenvalue weighted by Gasteiger charge is 2.27. The van der Waals surface area contributed by atoms with Gasteiger partial charge < -0.3 is 15.3 Å². The number of para-hydroxylation sites is 1. The molecular weight excluding hydrogens is 312 g/mol. The van der Waals surface area contributed by atoms with Crippen molar-refractivity contribution in [2.24, 2.45) is 5.92 Å². The van der Waals surface area contributed by atoms with Crippen LogP contribution in [-0.4, -0.2) is 35.1 Å². The van der Waals surface area contributed by atoms with Gasteiger partial charge in [0.2, 0.25) is 5.91 Å². The van der Waals surface area contributed by atoms with Crippen LogP contribution in [-0.2, 0) is 4.79 Å². The summed E-state index contributed by atoms with van der Waals surface area (Å²) in [6, 6.07) is 7.43. The predicted octanol–water partition coefficient (Wildman–Crippen LogP) is 2.78. The van der Waals surface area contributed by atoms with Crippen molar-refractivity contribution in [1.29, 1.82) is 0 Å². The van der Waals surface area contributed by atoms with Crippen LogP contribution in [0.15, 0.2) is 28.7 Å². The topological polar surface area (TPSA) is 69.6 Å². The van der Waals surface area contributed by atoms with E-state index in [0.29, 0.717) is 25.9 Å². The average Bonchev–Trinajstić information content (AvgIpc) is 2.41. The van der Waals surface area contributed by atoms with E-state index < -0.39 is 6.09 Å². The Kier molecular flexibility index (Phi) is 4.42. The number of carboxylic acid groups (broad SMARTS) is 1. The lowest BCUT2D eigenvalue weighted by Gasteiger charge is -2.29. The van der Waals surface area contributed by atoms with Gasteiger partial charge in [0, 0.05) is 23.5 Å². The van der Waals surface area contributed by atoms with Crippen molar-refractivity contribution < 1.29 is 14.7 Å². The van der Waals surface area contributed by atoms with Crippen LogP contribution in [0.4, 0.5) is 10.5 Å². The SMILES string of the molecule is O=C(Nc1ccccc1Br)C1CCN(C(=O)O)CC1. The maximum Gasteiger partial charge on any atom is 0.407 e. The first kappa shape index (κ1) is 13.9. The Morgan fingerprint density at radius 3 is 2.47 bits per heavy atom. The van der Waals surface area contributed by atoms with Crippen LogP contribution < -0.4 is 5.32 Å². The molecule has 0 atom stereocenters. The van der Waals surface area contributed by atoms with E-state index in [1.807, 2.05) is 24.3 Å². The molecule has 1 aromatic carbocycles. The molecule has 1 aliphatic heterocycles. The maximum atomic E-state index is 12.1. The molecular formula is C13H15BrN2O3. The fourth-order valence-corrected chi connectivity index (χ4v) is 2.51. The Morgan fingerprint density at radius 1 is 1.26 bits per heavy atom. The summed E-state index contributed by atoms with van der Waals surface area (Å²) in [5, 5.41) is 11.7. The number of amides is 2. The quantitative estimate of drug-likeness (QED) is 0.877. The highest BCUT2D eigenvalue weighted by atomic mass is 79.9. The number of hydrogen-bond acceptors (Lipinski definition) is 2. The fourth-order valence-electron chi connectivity index (χ4n) is 2.13.